The molecule has 2 aromatic heterocycles. The van der Waals surface area contributed by atoms with Gasteiger partial charge in [-0.05, 0) is 18.2 Å². The van der Waals surface area contributed by atoms with Crippen LogP contribution in [0.5, 0.6) is 5.75 Å². The Morgan fingerprint density at radius 3 is 2.65 bits per heavy atom. The number of hydrogen-bond acceptors (Lipinski definition) is 5. The summed E-state index contributed by atoms with van der Waals surface area (Å²) in [7, 11) is 0. The Morgan fingerprint density at radius 1 is 1.23 bits per heavy atom. The summed E-state index contributed by atoms with van der Waals surface area (Å²) >= 11 is 6.92. The molecule has 5 nitrogen and oxygen atoms in total. The van der Waals surface area contributed by atoms with Crippen molar-refractivity contribution < 1.29 is 23.0 Å². The number of pyridine rings is 1. The Bertz CT molecular complexity index is 890. The molecule has 0 saturated carbocycles. The minimum atomic E-state index is -4.53. The largest absolute Gasteiger partial charge is 0.491 e. The van der Waals surface area contributed by atoms with E-state index in [0.29, 0.717) is 5.75 Å². The van der Waals surface area contributed by atoms with Crippen LogP contribution in [0.25, 0.3) is 5.65 Å². The van der Waals surface area contributed by atoms with Crippen molar-refractivity contribution >= 4 is 29.0 Å². The summed E-state index contributed by atoms with van der Waals surface area (Å²) in [4.78, 5) is 0. The number of nitrogens with zero attached hydrogens (tertiary/aromatic N) is 3. The average Bonchev–Trinajstić information content (AvgIpc) is 3.02. The Morgan fingerprint density at radius 2 is 1.96 bits per heavy atom. The Kier molecular flexibility index (Phi) is 5.59. The van der Waals surface area contributed by atoms with Gasteiger partial charge in [-0.15, -0.1) is 10.2 Å². The molecule has 0 saturated heterocycles. The number of ether oxygens (including phenoxy) is 1. The molecule has 1 aromatic carbocycles. The quantitative estimate of drug-likeness (QED) is 0.632. The van der Waals surface area contributed by atoms with Crippen molar-refractivity contribution in [2.75, 3.05) is 12.4 Å². The molecule has 0 aliphatic heterocycles. The molecule has 0 unspecified atom stereocenters. The highest BCUT2D eigenvalue weighted by atomic mass is 35.5. The van der Waals surface area contributed by atoms with Crippen LogP contribution < -0.4 is 4.74 Å². The standard InChI is InChI=1S/C16H13ClF3N3O2S/c17-13-6-10(16(18,19)20)7-23-14(13)21-22-15(23)26-9-11(24)8-25-12-4-2-1-3-5-12/h1-7,11,24H,8-9H2/t11-/m1/s1. The lowest BCUT2D eigenvalue weighted by Crippen LogP contribution is -2.20. The number of hydrogen-bond donors (Lipinski definition) is 1. The van der Waals surface area contributed by atoms with E-state index in [2.05, 4.69) is 10.2 Å². The van der Waals surface area contributed by atoms with E-state index >= 15 is 0 Å². The summed E-state index contributed by atoms with van der Waals surface area (Å²) in [6.07, 6.45) is -4.49. The van der Waals surface area contributed by atoms with Crippen molar-refractivity contribution in [1.29, 1.82) is 0 Å². The zero-order valence-electron chi connectivity index (χ0n) is 13.2. The molecule has 0 spiro atoms. The maximum Gasteiger partial charge on any atom is 0.417 e. The van der Waals surface area contributed by atoms with Gasteiger partial charge in [-0.25, -0.2) is 0 Å². The summed E-state index contributed by atoms with van der Waals surface area (Å²) in [5.41, 5.74) is -0.776. The third kappa shape index (κ3) is 4.40. The highest BCUT2D eigenvalue weighted by Crippen LogP contribution is 2.33. The maximum absolute atomic E-state index is 12.9. The second kappa shape index (κ2) is 7.73. The van der Waals surface area contributed by atoms with Gasteiger partial charge in [0.2, 0.25) is 0 Å². The van der Waals surface area contributed by atoms with Crippen LogP contribution in [-0.4, -0.2) is 38.2 Å². The van der Waals surface area contributed by atoms with Gasteiger partial charge in [0.1, 0.15) is 12.4 Å². The fourth-order valence-corrected chi connectivity index (χ4v) is 3.18. The van der Waals surface area contributed by atoms with Gasteiger partial charge in [0.25, 0.3) is 0 Å². The smallest absolute Gasteiger partial charge is 0.417 e. The van der Waals surface area contributed by atoms with E-state index in [-0.39, 0.29) is 28.2 Å². The van der Waals surface area contributed by atoms with Crippen molar-refractivity contribution in [1.82, 2.24) is 14.6 Å². The average molecular weight is 404 g/mol. The summed E-state index contributed by atoms with van der Waals surface area (Å²) in [5, 5.41) is 17.7. The first kappa shape index (κ1) is 18.8. The lowest BCUT2D eigenvalue weighted by molar-refractivity contribution is -0.137. The molecule has 26 heavy (non-hydrogen) atoms. The van der Waals surface area contributed by atoms with Crippen LogP contribution >= 0.6 is 23.4 Å². The van der Waals surface area contributed by atoms with Gasteiger partial charge < -0.3 is 9.84 Å². The normalized spacial score (nSPS) is 13.1. The van der Waals surface area contributed by atoms with Crippen LogP contribution in [0.1, 0.15) is 5.56 Å². The monoisotopic (exact) mass is 403 g/mol. The van der Waals surface area contributed by atoms with Crippen molar-refractivity contribution in [3.05, 3.63) is 53.2 Å². The van der Waals surface area contributed by atoms with Gasteiger partial charge in [-0.3, -0.25) is 4.40 Å². The Labute approximate surface area is 155 Å². The number of thioether (sulfide) groups is 1. The van der Waals surface area contributed by atoms with Gasteiger partial charge in [0.05, 0.1) is 16.7 Å². The predicted molar refractivity (Wildman–Crippen MR) is 91.7 cm³/mol. The van der Waals surface area contributed by atoms with E-state index in [9.17, 15) is 18.3 Å². The number of aliphatic hydroxyl groups is 1. The molecule has 0 aliphatic rings. The minimum absolute atomic E-state index is 0.0440. The summed E-state index contributed by atoms with van der Waals surface area (Å²) in [6, 6.07) is 9.78. The molecule has 1 N–H and O–H groups in total. The Hall–Kier alpha value is -1.97. The number of rotatable bonds is 6. The Balaban J connectivity index is 1.68. The molecule has 1 atom stereocenters. The van der Waals surface area contributed by atoms with Crippen LogP contribution in [0.2, 0.25) is 5.02 Å². The number of aromatic nitrogens is 3. The van der Waals surface area contributed by atoms with Gasteiger partial charge >= 0.3 is 6.18 Å². The topological polar surface area (TPSA) is 59.7 Å². The number of para-hydroxylation sites is 1. The summed E-state index contributed by atoms with van der Waals surface area (Å²) in [5.74, 6) is 0.785. The van der Waals surface area contributed by atoms with Crippen LogP contribution in [0.4, 0.5) is 13.2 Å². The molecule has 2 heterocycles. The number of fused-ring (bicyclic) bond motifs is 1. The predicted octanol–water partition coefficient (Wildman–Crippen LogP) is 3.93. The van der Waals surface area contributed by atoms with E-state index in [0.717, 1.165) is 24.0 Å². The van der Waals surface area contributed by atoms with Crippen LogP contribution in [-0.2, 0) is 6.18 Å². The third-order valence-electron chi connectivity index (χ3n) is 3.35. The maximum atomic E-state index is 12.9. The molecule has 0 fully saturated rings. The fraction of sp³-hybridized carbons (Fsp3) is 0.250. The molecule has 3 rings (SSSR count). The zero-order chi connectivity index (χ0) is 18.7. The number of benzene rings is 1. The fourth-order valence-electron chi connectivity index (χ4n) is 2.12. The van der Waals surface area contributed by atoms with Gasteiger partial charge in [0, 0.05) is 11.9 Å². The minimum Gasteiger partial charge on any atom is -0.491 e. The molecule has 0 bridgehead atoms. The number of halogens is 4. The summed E-state index contributed by atoms with van der Waals surface area (Å²) < 4.78 is 45.4. The van der Waals surface area contributed by atoms with Gasteiger partial charge in [-0.1, -0.05) is 41.6 Å². The van der Waals surface area contributed by atoms with E-state index in [1.165, 1.54) is 4.40 Å². The molecular weight excluding hydrogens is 391 g/mol. The number of alkyl halides is 3. The van der Waals surface area contributed by atoms with Crippen molar-refractivity contribution in [3.8, 4) is 5.75 Å². The van der Waals surface area contributed by atoms with Crippen molar-refractivity contribution in [2.45, 2.75) is 17.4 Å². The second-order valence-electron chi connectivity index (χ2n) is 5.34. The first-order valence-corrected chi connectivity index (χ1v) is 8.81. The molecule has 0 amide bonds. The molecule has 3 aromatic rings. The first-order chi connectivity index (χ1) is 12.3. The van der Waals surface area contributed by atoms with E-state index in [1.807, 2.05) is 6.07 Å². The van der Waals surface area contributed by atoms with Crippen LogP contribution in [0.15, 0.2) is 47.8 Å². The zero-order valence-corrected chi connectivity index (χ0v) is 14.7. The van der Waals surface area contributed by atoms with E-state index in [1.54, 1.807) is 24.3 Å². The number of aliphatic hydroxyl groups excluding tert-OH is 1. The lowest BCUT2D eigenvalue weighted by atomic mass is 10.3. The highest BCUT2D eigenvalue weighted by Gasteiger charge is 2.32. The van der Waals surface area contributed by atoms with Crippen LogP contribution in [0.3, 0.4) is 0 Å². The lowest BCUT2D eigenvalue weighted by Gasteiger charge is -2.12. The third-order valence-corrected chi connectivity index (χ3v) is 4.71. The molecular formula is C16H13ClF3N3O2S. The first-order valence-electron chi connectivity index (χ1n) is 7.45. The van der Waals surface area contributed by atoms with Gasteiger partial charge in [-0.2, -0.15) is 13.2 Å². The summed E-state index contributed by atoms with van der Waals surface area (Å²) in [6.45, 7) is 0.0440. The van der Waals surface area contributed by atoms with Crippen molar-refractivity contribution in [2.24, 2.45) is 0 Å². The van der Waals surface area contributed by atoms with Crippen molar-refractivity contribution in [3.63, 3.8) is 0 Å². The second-order valence-corrected chi connectivity index (χ2v) is 6.73. The molecule has 10 heteroatoms. The van der Waals surface area contributed by atoms with E-state index in [4.69, 9.17) is 16.3 Å². The van der Waals surface area contributed by atoms with Crippen LogP contribution in [0, 0.1) is 0 Å². The highest BCUT2D eigenvalue weighted by molar-refractivity contribution is 7.99. The van der Waals surface area contributed by atoms with E-state index < -0.39 is 17.8 Å². The molecule has 0 aliphatic carbocycles. The molecule has 138 valence electrons. The van der Waals surface area contributed by atoms with Gasteiger partial charge in [0.15, 0.2) is 10.8 Å². The molecule has 0 radical (unpaired) electrons. The SMILES string of the molecule is O[C@H](COc1ccccc1)CSc1nnc2c(Cl)cc(C(F)(F)F)cn12.